The summed E-state index contributed by atoms with van der Waals surface area (Å²) in [5, 5.41) is 20.8. The number of aliphatic hydroxyl groups is 1. The van der Waals surface area contributed by atoms with Crippen LogP contribution in [0.3, 0.4) is 0 Å². The Morgan fingerprint density at radius 1 is 1.18 bits per heavy atom. The molecule has 12 heteroatoms. The molecule has 1 unspecified atom stereocenters. The number of amides is 2. The fourth-order valence-corrected chi connectivity index (χ4v) is 6.28. The molecule has 2 aromatic rings. The lowest BCUT2D eigenvalue weighted by Gasteiger charge is -2.30. The van der Waals surface area contributed by atoms with Crippen LogP contribution in [-0.4, -0.2) is 80.8 Å². The molecular formula is C27H38N6O5S. The van der Waals surface area contributed by atoms with Gasteiger partial charge in [0, 0.05) is 32.0 Å². The number of nitrogens with zero attached hydrogens (tertiary/aromatic N) is 2. The van der Waals surface area contributed by atoms with Crippen LogP contribution < -0.4 is 21.2 Å². The van der Waals surface area contributed by atoms with Crippen LogP contribution in [0.5, 0.6) is 0 Å². The first-order valence-corrected chi connectivity index (χ1v) is 15.0. The smallest absolute Gasteiger partial charge is 0.241 e. The van der Waals surface area contributed by atoms with Crippen LogP contribution in [-0.2, 0) is 19.6 Å². The lowest BCUT2D eigenvalue weighted by atomic mass is 9.92. The number of rotatable bonds is 13. The van der Waals surface area contributed by atoms with Crippen molar-refractivity contribution in [3.63, 3.8) is 0 Å². The summed E-state index contributed by atoms with van der Waals surface area (Å²) in [4.78, 5) is 28.5. The Morgan fingerprint density at radius 2 is 1.95 bits per heavy atom. The van der Waals surface area contributed by atoms with E-state index >= 15 is 0 Å². The fourth-order valence-electron chi connectivity index (χ4n) is 5.05. The number of nitrogens with two attached hydrogens (primary N) is 1. The van der Waals surface area contributed by atoms with Gasteiger partial charge in [0.1, 0.15) is 6.04 Å². The zero-order chi connectivity index (χ0) is 27.8. The van der Waals surface area contributed by atoms with Gasteiger partial charge in [0.2, 0.25) is 21.8 Å². The Kier molecular flexibility index (Phi) is 9.89. The van der Waals surface area contributed by atoms with Crippen LogP contribution in [0.4, 0.5) is 0 Å². The fraction of sp³-hybridized carbons (Fsp3) is 0.519. The average molecular weight is 559 g/mol. The highest BCUT2D eigenvalue weighted by Gasteiger charge is 2.38. The largest absolute Gasteiger partial charge is 0.396 e. The van der Waals surface area contributed by atoms with Gasteiger partial charge in [0.25, 0.3) is 0 Å². The van der Waals surface area contributed by atoms with Crippen molar-refractivity contribution in [1.82, 2.24) is 20.3 Å². The molecule has 212 valence electrons. The van der Waals surface area contributed by atoms with Gasteiger partial charge in [-0.2, -0.15) is 9.82 Å². The molecule has 1 aliphatic carbocycles. The van der Waals surface area contributed by atoms with E-state index in [4.69, 9.17) is 5.84 Å². The molecular weight excluding hydrogens is 520 g/mol. The molecule has 2 aromatic carbocycles. The normalized spacial score (nSPS) is 19.6. The lowest BCUT2D eigenvalue weighted by molar-refractivity contribution is -0.136. The summed E-state index contributed by atoms with van der Waals surface area (Å²) in [7, 11) is -4.14. The van der Waals surface area contributed by atoms with E-state index in [0.29, 0.717) is 13.0 Å². The van der Waals surface area contributed by atoms with Crippen LogP contribution in [0, 0.1) is 5.92 Å². The second-order valence-corrected chi connectivity index (χ2v) is 11.9. The van der Waals surface area contributed by atoms with Crippen molar-refractivity contribution in [3.8, 4) is 0 Å². The molecule has 6 N–H and O–H groups in total. The second-order valence-electron chi connectivity index (χ2n) is 10.2. The molecule has 2 aliphatic rings. The standard InChI is InChI=1S/C27H38N6O5S/c28-30-18-25(21-7-3-12-29-17-21)31-26(35)16-24(27(36)33(13-4-14-34)22-9-10-22)32-39(37,38)23-11-8-19-5-1-2-6-20(19)15-23/h1-2,5-6,8,11,15,18,21-22,24-25,29,32,34H,3-4,7,9-10,12-14,16-17,28H2,(H,31,35)/b30-18-/t21?,24-,25+/m0/s1. The summed E-state index contributed by atoms with van der Waals surface area (Å²) in [6, 6.07) is 10.3. The molecule has 1 aliphatic heterocycles. The topological polar surface area (TPSA) is 166 Å². The van der Waals surface area contributed by atoms with E-state index in [1.165, 1.54) is 12.3 Å². The molecule has 39 heavy (non-hydrogen) atoms. The predicted molar refractivity (Wildman–Crippen MR) is 149 cm³/mol. The molecule has 0 spiro atoms. The molecule has 11 nitrogen and oxygen atoms in total. The first kappa shape index (κ1) is 28.9. The zero-order valence-electron chi connectivity index (χ0n) is 22.0. The predicted octanol–water partition coefficient (Wildman–Crippen LogP) is 0.679. The van der Waals surface area contributed by atoms with Gasteiger partial charge in [0.15, 0.2) is 0 Å². The van der Waals surface area contributed by atoms with E-state index < -0.39 is 33.9 Å². The van der Waals surface area contributed by atoms with Gasteiger partial charge >= 0.3 is 0 Å². The minimum atomic E-state index is -4.14. The van der Waals surface area contributed by atoms with Crippen molar-refractivity contribution < 1.29 is 23.1 Å². The molecule has 3 atom stereocenters. The van der Waals surface area contributed by atoms with E-state index in [1.54, 1.807) is 17.0 Å². The number of hydrogen-bond donors (Lipinski definition) is 5. The van der Waals surface area contributed by atoms with Crippen LogP contribution in [0.1, 0.15) is 38.5 Å². The summed E-state index contributed by atoms with van der Waals surface area (Å²) in [6.07, 6.45) is 4.88. The van der Waals surface area contributed by atoms with E-state index in [0.717, 1.165) is 43.0 Å². The van der Waals surface area contributed by atoms with Crippen molar-refractivity contribution in [1.29, 1.82) is 0 Å². The number of benzene rings is 2. The number of carbonyl (C=O) groups excluding carboxylic acids is 2. The maximum atomic E-state index is 13.7. The molecule has 2 fully saturated rings. The minimum absolute atomic E-state index is 0.00848. The van der Waals surface area contributed by atoms with Crippen molar-refractivity contribution in [2.45, 2.75) is 61.5 Å². The number of piperidine rings is 1. The Balaban J connectivity index is 1.56. The highest BCUT2D eigenvalue weighted by atomic mass is 32.2. The molecule has 0 aromatic heterocycles. The number of fused-ring (bicyclic) bond motifs is 1. The quantitative estimate of drug-likeness (QED) is 0.137. The van der Waals surface area contributed by atoms with Gasteiger partial charge in [-0.15, -0.1) is 0 Å². The van der Waals surface area contributed by atoms with E-state index in [9.17, 15) is 23.1 Å². The molecule has 1 saturated heterocycles. The molecule has 2 amide bonds. The number of nitrogens with one attached hydrogen (secondary N) is 3. The number of aliphatic hydroxyl groups excluding tert-OH is 1. The highest BCUT2D eigenvalue weighted by Crippen LogP contribution is 2.28. The lowest BCUT2D eigenvalue weighted by Crippen LogP contribution is -2.53. The Hall–Kier alpha value is -3.06. The van der Waals surface area contributed by atoms with Crippen LogP contribution in [0.25, 0.3) is 10.8 Å². The third kappa shape index (κ3) is 7.75. The summed E-state index contributed by atoms with van der Waals surface area (Å²) in [5.74, 6) is 4.51. The van der Waals surface area contributed by atoms with Crippen molar-refractivity contribution in [2.75, 3.05) is 26.2 Å². The second kappa shape index (κ2) is 13.3. The van der Waals surface area contributed by atoms with Crippen LogP contribution in [0.2, 0.25) is 0 Å². The van der Waals surface area contributed by atoms with Gasteiger partial charge in [-0.05, 0) is 67.5 Å². The van der Waals surface area contributed by atoms with Gasteiger partial charge in [-0.1, -0.05) is 30.3 Å². The molecule has 0 radical (unpaired) electrons. The molecule has 4 rings (SSSR count). The first-order chi connectivity index (χ1) is 18.8. The first-order valence-electron chi connectivity index (χ1n) is 13.5. The maximum absolute atomic E-state index is 13.7. The number of carbonyl (C=O) groups is 2. The minimum Gasteiger partial charge on any atom is -0.396 e. The van der Waals surface area contributed by atoms with Crippen LogP contribution in [0.15, 0.2) is 52.5 Å². The number of hydrogen-bond acceptors (Lipinski definition) is 8. The summed E-state index contributed by atoms with van der Waals surface area (Å²) >= 11 is 0. The van der Waals surface area contributed by atoms with Gasteiger partial charge in [-0.25, -0.2) is 8.42 Å². The Bertz CT molecular complexity index is 1280. The van der Waals surface area contributed by atoms with Crippen molar-refractivity contribution in [2.24, 2.45) is 16.9 Å². The summed E-state index contributed by atoms with van der Waals surface area (Å²) < 4.78 is 29.5. The third-order valence-corrected chi connectivity index (χ3v) is 8.73. The van der Waals surface area contributed by atoms with Gasteiger partial charge < -0.3 is 26.5 Å². The van der Waals surface area contributed by atoms with Gasteiger partial charge in [-0.3, -0.25) is 9.59 Å². The monoisotopic (exact) mass is 558 g/mol. The summed E-state index contributed by atoms with van der Waals surface area (Å²) in [6.45, 7) is 1.77. The highest BCUT2D eigenvalue weighted by molar-refractivity contribution is 7.89. The van der Waals surface area contributed by atoms with E-state index in [1.807, 2.05) is 24.3 Å². The third-order valence-electron chi connectivity index (χ3n) is 7.26. The van der Waals surface area contributed by atoms with Gasteiger partial charge in [0.05, 0.1) is 17.4 Å². The Morgan fingerprint density at radius 3 is 2.62 bits per heavy atom. The average Bonchev–Trinajstić information content (AvgIpc) is 3.78. The SMILES string of the molecule is N/N=C\[C@@H](NC(=O)C[C@H](NS(=O)(=O)c1ccc2ccccc2c1)C(=O)N(CCCO)C1CC1)C1CCCNC1. The molecule has 1 heterocycles. The summed E-state index contributed by atoms with van der Waals surface area (Å²) in [5.41, 5.74) is 0. The van der Waals surface area contributed by atoms with E-state index in [2.05, 4.69) is 20.5 Å². The number of hydrazone groups is 1. The maximum Gasteiger partial charge on any atom is 0.241 e. The zero-order valence-corrected chi connectivity index (χ0v) is 22.8. The van der Waals surface area contributed by atoms with Crippen molar-refractivity contribution in [3.05, 3.63) is 42.5 Å². The Labute approximate surface area is 229 Å². The van der Waals surface area contributed by atoms with Crippen molar-refractivity contribution >= 4 is 38.8 Å². The molecule has 0 bridgehead atoms. The van der Waals surface area contributed by atoms with Crippen LogP contribution >= 0.6 is 0 Å². The number of sulfonamides is 1. The van der Waals surface area contributed by atoms with E-state index in [-0.39, 0.29) is 36.4 Å². The molecule has 1 saturated carbocycles.